The molecular weight excluding hydrogens is 457 g/mol. The molecule has 0 spiro atoms. The van der Waals surface area contributed by atoms with E-state index in [1.54, 1.807) is 23.6 Å². The molecule has 0 radical (unpaired) electrons. The van der Waals surface area contributed by atoms with Crippen molar-refractivity contribution in [2.75, 3.05) is 12.3 Å². The van der Waals surface area contributed by atoms with E-state index in [1.165, 1.54) is 28.0 Å². The maximum absolute atomic E-state index is 14.4. The largest absolute Gasteiger partial charge is 0.355 e. The van der Waals surface area contributed by atoms with Crippen molar-refractivity contribution in [3.8, 4) is 5.69 Å². The Kier molecular flexibility index (Phi) is 6.70. The molecule has 31 heavy (non-hydrogen) atoms. The van der Waals surface area contributed by atoms with E-state index in [0.717, 1.165) is 17.3 Å². The highest BCUT2D eigenvalue weighted by Crippen LogP contribution is 2.24. The number of carbonyl (C=O) groups excluding carboxylic acids is 1. The van der Waals surface area contributed by atoms with Crippen molar-refractivity contribution in [3.63, 3.8) is 0 Å². The SMILES string of the molecule is O=C(CSc1nc2ccsc2c(=O)n1-c1ccccc1F)NCCc1ccc(Cl)cc1. The lowest BCUT2D eigenvalue weighted by Crippen LogP contribution is -2.28. The van der Waals surface area contributed by atoms with Crippen molar-refractivity contribution in [1.82, 2.24) is 14.9 Å². The maximum atomic E-state index is 14.4. The van der Waals surface area contributed by atoms with Crippen LogP contribution in [0.5, 0.6) is 0 Å². The van der Waals surface area contributed by atoms with Crippen LogP contribution in [0.25, 0.3) is 15.9 Å². The van der Waals surface area contributed by atoms with Gasteiger partial charge in [-0.2, -0.15) is 0 Å². The number of carbonyl (C=O) groups is 1. The number of hydrogen-bond acceptors (Lipinski definition) is 5. The molecular formula is C22H17ClFN3O2S2. The fourth-order valence-corrected chi connectivity index (χ4v) is 4.73. The van der Waals surface area contributed by atoms with Crippen molar-refractivity contribution >= 4 is 50.8 Å². The van der Waals surface area contributed by atoms with Crippen LogP contribution in [0, 0.1) is 5.82 Å². The Morgan fingerprint density at radius 3 is 2.71 bits per heavy atom. The molecule has 0 fully saturated rings. The van der Waals surface area contributed by atoms with Gasteiger partial charge in [-0.05, 0) is 47.7 Å². The van der Waals surface area contributed by atoms with Gasteiger partial charge in [0.2, 0.25) is 5.91 Å². The van der Waals surface area contributed by atoms with Crippen LogP contribution >= 0.6 is 34.7 Å². The van der Waals surface area contributed by atoms with Crippen molar-refractivity contribution in [2.45, 2.75) is 11.6 Å². The van der Waals surface area contributed by atoms with Gasteiger partial charge in [0, 0.05) is 11.6 Å². The van der Waals surface area contributed by atoms with Gasteiger partial charge >= 0.3 is 0 Å². The number of rotatable bonds is 7. The van der Waals surface area contributed by atoms with Crippen LogP contribution in [0.4, 0.5) is 4.39 Å². The number of nitrogens with one attached hydrogen (secondary N) is 1. The highest BCUT2D eigenvalue weighted by molar-refractivity contribution is 7.99. The molecule has 4 rings (SSSR count). The van der Waals surface area contributed by atoms with Gasteiger partial charge in [0.25, 0.3) is 5.56 Å². The Bertz CT molecular complexity index is 1290. The summed E-state index contributed by atoms with van der Waals surface area (Å²) in [5.74, 6) is -0.674. The molecule has 4 aromatic rings. The molecule has 2 heterocycles. The molecule has 0 aliphatic carbocycles. The summed E-state index contributed by atoms with van der Waals surface area (Å²) < 4.78 is 16.1. The van der Waals surface area contributed by atoms with Crippen LogP contribution in [0.2, 0.25) is 5.02 Å². The van der Waals surface area contributed by atoms with E-state index in [9.17, 15) is 14.0 Å². The topological polar surface area (TPSA) is 64.0 Å². The zero-order valence-electron chi connectivity index (χ0n) is 16.2. The van der Waals surface area contributed by atoms with Crippen LogP contribution in [-0.4, -0.2) is 27.8 Å². The predicted molar refractivity (Wildman–Crippen MR) is 124 cm³/mol. The lowest BCUT2D eigenvalue weighted by Gasteiger charge is -2.12. The van der Waals surface area contributed by atoms with E-state index in [-0.39, 0.29) is 28.1 Å². The highest BCUT2D eigenvalue weighted by atomic mass is 35.5. The van der Waals surface area contributed by atoms with Crippen molar-refractivity contribution in [3.05, 3.63) is 86.7 Å². The Morgan fingerprint density at radius 1 is 1.16 bits per heavy atom. The third-order valence-electron chi connectivity index (χ3n) is 4.52. The molecule has 0 saturated heterocycles. The van der Waals surface area contributed by atoms with Gasteiger partial charge in [0.05, 0.1) is 17.0 Å². The average molecular weight is 474 g/mol. The van der Waals surface area contributed by atoms with Crippen LogP contribution in [0.1, 0.15) is 5.56 Å². The molecule has 0 atom stereocenters. The van der Waals surface area contributed by atoms with E-state index < -0.39 is 5.82 Å². The summed E-state index contributed by atoms with van der Waals surface area (Å²) >= 11 is 8.23. The van der Waals surface area contributed by atoms with Crippen LogP contribution in [0.15, 0.2) is 69.9 Å². The second-order valence-corrected chi connectivity index (χ2v) is 8.93. The molecule has 1 N–H and O–H groups in total. The number of thioether (sulfide) groups is 1. The third-order valence-corrected chi connectivity index (χ3v) is 6.61. The predicted octanol–water partition coefficient (Wildman–Crippen LogP) is 4.69. The maximum Gasteiger partial charge on any atom is 0.276 e. The number of amides is 1. The Morgan fingerprint density at radius 2 is 1.94 bits per heavy atom. The van der Waals surface area contributed by atoms with Gasteiger partial charge in [-0.15, -0.1) is 11.3 Å². The molecule has 2 aromatic carbocycles. The Balaban J connectivity index is 1.49. The number of nitrogens with zero attached hydrogens (tertiary/aromatic N) is 2. The Hall–Kier alpha value is -2.68. The van der Waals surface area contributed by atoms with Gasteiger partial charge in [-0.25, -0.2) is 9.37 Å². The molecule has 0 saturated carbocycles. The number of hydrogen-bond donors (Lipinski definition) is 1. The minimum Gasteiger partial charge on any atom is -0.355 e. The fraction of sp³-hybridized carbons (Fsp3) is 0.136. The smallest absolute Gasteiger partial charge is 0.276 e. The number of aromatic nitrogens is 2. The van der Waals surface area contributed by atoms with E-state index in [4.69, 9.17) is 11.6 Å². The average Bonchev–Trinajstić information content (AvgIpc) is 3.24. The molecule has 0 aliphatic heterocycles. The zero-order chi connectivity index (χ0) is 21.8. The lowest BCUT2D eigenvalue weighted by molar-refractivity contribution is -0.118. The van der Waals surface area contributed by atoms with Gasteiger partial charge in [0.1, 0.15) is 10.5 Å². The molecule has 0 aliphatic rings. The van der Waals surface area contributed by atoms with Gasteiger partial charge < -0.3 is 5.32 Å². The van der Waals surface area contributed by atoms with Crippen LogP contribution in [-0.2, 0) is 11.2 Å². The van der Waals surface area contributed by atoms with E-state index in [2.05, 4.69) is 10.3 Å². The minimum absolute atomic E-state index is 0.0527. The second-order valence-electron chi connectivity index (χ2n) is 6.64. The number of thiophene rings is 1. The highest BCUT2D eigenvalue weighted by Gasteiger charge is 2.17. The molecule has 158 valence electrons. The van der Waals surface area contributed by atoms with Gasteiger partial charge in [-0.3, -0.25) is 14.2 Å². The Labute approximate surface area is 190 Å². The number of benzene rings is 2. The molecule has 9 heteroatoms. The standard InChI is InChI=1S/C22H17ClFN3O2S2/c23-15-7-5-14(6-8-15)9-11-25-19(28)13-31-22-26-17-10-12-30-20(17)21(29)27(22)18-4-2-1-3-16(18)24/h1-8,10,12H,9,11,13H2,(H,25,28). The molecule has 1 amide bonds. The summed E-state index contributed by atoms with van der Waals surface area (Å²) in [7, 11) is 0. The summed E-state index contributed by atoms with van der Waals surface area (Å²) in [6.07, 6.45) is 0.673. The quantitative estimate of drug-likeness (QED) is 0.312. The first-order valence-corrected chi connectivity index (χ1v) is 11.7. The number of halogens is 2. The van der Waals surface area contributed by atoms with Crippen molar-refractivity contribution < 1.29 is 9.18 Å². The summed E-state index contributed by atoms with van der Waals surface area (Å²) in [5.41, 5.74) is 1.36. The molecule has 2 aromatic heterocycles. The zero-order valence-corrected chi connectivity index (χ0v) is 18.6. The minimum atomic E-state index is -0.531. The van der Waals surface area contributed by atoms with Crippen molar-refractivity contribution in [1.29, 1.82) is 0 Å². The fourth-order valence-electron chi connectivity index (χ4n) is 3.01. The first-order valence-electron chi connectivity index (χ1n) is 9.42. The van der Waals surface area contributed by atoms with Crippen LogP contribution in [0.3, 0.4) is 0 Å². The van der Waals surface area contributed by atoms with Gasteiger partial charge in [-0.1, -0.05) is 47.6 Å². The second kappa shape index (κ2) is 9.64. The number of fused-ring (bicyclic) bond motifs is 1. The monoisotopic (exact) mass is 473 g/mol. The summed E-state index contributed by atoms with van der Waals surface area (Å²) in [4.78, 5) is 29.8. The molecule has 5 nitrogen and oxygen atoms in total. The van der Waals surface area contributed by atoms with E-state index in [0.29, 0.717) is 28.2 Å². The van der Waals surface area contributed by atoms with E-state index >= 15 is 0 Å². The molecule has 0 bridgehead atoms. The lowest BCUT2D eigenvalue weighted by atomic mass is 10.1. The number of para-hydroxylation sites is 1. The first-order chi connectivity index (χ1) is 15.0. The normalized spacial score (nSPS) is 11.0. The third kappa shape index (κ3) is 4.98. The summed E-state index contributed by atoms with van der Waals surface area (Å²) in [6.45, 7) is 0.470. The summed E-state index contributed by atoms with van der Waals surface area (Å²) in [5, 5.41) is 5.56. The van der Waals surface area contributed by atoms with E-state index in [1.807, 2.05) is 24.3 Å². The first kappa shape index (κ1) is 21.5. The van der Waals surface area contributed by atoms with Crippen molar-refractivity contribution in [2.24, 2.45) is 0 Å². The van der Waals surface area contributed by atoms with Gasteiger partial charge in [0.15, 0.2) is 5.16 Å². The molecule has 0 unspecified atom stereocenters. The van der Waals surface area contributed by atoms with Crippen LogP contribution < -0.4 is 10.9 Å². The summed E-state index contributed by atoms with van der Waals surface area (Å²) in [6, 6.07) is 15.2.